The largest absolute Gasteiger partial charge is 0.497 e. The summed E-state index contributed by atoms with van der Waals surface area (Å²) in [7, 11) is 3.80. The van der Waals surface area contributed by atoms with Crippen LogP contribution in [0.1, 0.15) is 40.7 Å². The summed E-state index contributed by atoms with van der Waals surface area (Å²) in [4.78, 5) is 5.13. The van der Waals surface area contributed by atoms with Crippen LogP contribution in [0.4, 0.5) is 17.3 Å². The lowest BCUT2D eigenvalue weighted by molar-refractivity contribution is 0.414. The number of ether oxygens (including phenoxy) is 1. The van der Waals surface area contributed by atoms with Crippen LogP contribution in [-0.2, 0) is 20.0 Å². The fourth-order valence-electron chi connectivity index (χ4n) is 4.85. The molecule has 0 bridgehead atoms. The second-order valence-electron chi connectivity index (χ2n) is 9.71. The van der Waals surface area contributed by atoms with Crippen molar-refractivity contribution in [3.63, 3.8) is 0 Å². The smallest absolute Gasteiger partial charge is 0.208 e. The third-order valence-electron chi connectivity index (χ3n) is 6.87. The summed E-state index contributed by atoms with van der Waals surface area (Å²) in [5, 5.41) is 7.30. The third-order valence-corrected chi connectivity index (χ3v) is 6.87. The van der Waals surface area contributed by atoms with E-state index in [-0.39, 0.29) is 0 Å². The molecular formula is C29H34N4O. The van der Waals surface area contributed by atoms with Gasteiger partial charge in [-0.05, 0) is 86.4 Å². The molecule has 0 radical (unpaired) electrons. The molecule has 1 fully saturated rings. The van der Waals surface area contributed by atoms with Gasteiger partial charge in [0.25, 0.3) is 0 Å². The zero-order chi connectivity index (χ0) is 23.8. The molecule has 1 aromatic heterocycles. The fourth-order valence-corrected chi connectivity index (χ4v) is 4.85. The van der Waals surface area contributed by atoms with Gasteiger partial charge in [0.2, 0.25) is 5.95 Å². The van der Waals surface area contributed by atoms with E-state index in [9.17, 15) is 0 Å². The highest BCUT2D eigenvalue weighted by Crippen LogP contribution is 2.37. The van der Waals surface area contributed by atoms with E-state index in [0.717, 1.165) is 53.0 Å². The zero-order valence-corrected chi connectivity index (χ0v) is 20.8. The molecule has 5 nitrogen and oxygen atoms in total. The Balaban J connectivity index is 1.51. The van der Waals surface area contributed by atoms with Crippen LogP contribution in [0, 0.1) is 26.7 Å². The SMILES string of the molecule is COc1ccc(CNc2ccc(CC3CC3)c3nc(Nc4c(C)cc(C)cc4C)n(C)c23)cc1. The van der Waals surface area contributed by atoms with E-state index in [0.29, 0.717) is 0 Å². The first-order chi connectivity index (χ1) is 16.4. The van der Waals surface area contributed by atoms with Gasteiger partial charge in [-0.25, -0.2) is 4.98 Å². The molecule has 1 aliphatic rings. The first-order valence-electron chi connectivity index (χ1n) is 12.1. The van der Waals surface area contributed by atoms with Gasteiger partial charge in [0.15, 0.2) is 0 Å². The van der Waals surface area contributed by atoms with E-state index in [4.69, 9.17) is 9.72 Å². The van der Waals surface area contributed by atoms with E-state index in [1.165, 1.54) is 40.7 Å². The van der Waals surface area contributed by atoms with E-state index in [1.54, 1.807) is 7.11 Å². The third kappa shape index (κ3) is 4.47. The Labute approximate surface area is 202 Å². The van der Waals surface area contributed by atoms with E-state index < -0.39 is 0 Å². The number of hydrogen-bond donors (Lipinski definition) is 2. The summed E-state index contributed by atoms with van der Waals surface area (Å²) in [5.74, 6) is 2.56. The number of aromatic nitrogens is 2. The monoisotopic (exact) mass is 454 g/mol. The predicted octanol–water partition coefficient (Wildman–Crippen LogP) is 6.82. The van der Waals surface area contributed by atoms with E-state index >= 15 is 0 Å². The van der Waals surface area contributed by atoms with Gasteiger partial charge in [0.05, 0.1) is 23.8 Å². The maximum absolute atomic E-state index is 5.29. The molecule has 5 rings (SSSR count). The lowest BCUT2D eigenvalue weighted by Crippen LogP contribution is -2.05. The molecule has 0 amide bonds. The Morgan fingerprint density at radius 1 is 1.00 bits per heavy atom. The Hall–Kier alpha value is -3.47. The molecule has 1 saturated carbocycles. The van der Waals surface area contributed by atoms with E-state index in [1.807, 2.05) is 12.1 Å². The van der Waals surface area contributed by atoms with Crippen LogP contribution in [0.3, 0.4) is 0 Å². The van der Waals surface area contributed by atoms with Crippen LogP contribution >= 0.6 is 0 Å². The summed E-state index contributed by atoms with van der Waals surface area (Å²) in [6.45, 7) is 7.20. The number of imidazole rings is 1. The summed E-state index contributed by atoms with van der Waals surface area (Å²) in [5.41, 5.74) is 10.8. The highest BCUT2D eigenvalue weighted by Gasteiger charge is 2.24. The molecule has 176 valence electrons. The first-order valence-corrected chi connectivity index (χ1v) is 12.1. The van der Waals surface area contributed by atoms with Crippen molar-refractivity contribution in [2.75, 3.05) is 17.7 Å². The van der Waals surface area contributed by atoms with Gasteiger partial charge in [0.1, 0.15) is 5.75 Å². The Morgan fingerprint density at radius 2 is 1.71 bits per heavy atom. The van der Waals surface area contributed by atoms with Crippen molar-refractivity contribution in [1.82, 2.24) is 9.55 Å². The molecule has 0 spiro atoms. The molecular weight excluding hydrogens is 420 g/mol. The molecule has 0 atom stereocenters. The van der Waals surface area contributed by atoms with Crippen LogP contribution in [0.25, 0.3) is 11.0 Å². The minimum Gasteiger partial charge on any atom is -0.497 e. The first kappa shape index (κ1) is 22.3. The van der Waals surface area contributed by atoms with Gasteiger partial charge >= 0.3 is 0 Å². The molecule has 5 heteroatoms. The number of benzene rings is 3. The van der Waals surface area contributed by atoms with Crippen molar-refractivity contribution in [3.8, 4) is 5.75 Å². The van der Waals surface area contributed by atoms with Crippen LogP contribution in [-0.4, -0.2) is 16.7 Å². The average molecular weight is 455 g/mol. The van der Waals surface area contributed by atoms with Gasteiger partial charge in [-0.3, -0.25) is 0 Å². The molecule has 0 aliphatic heterocycles. The van der Waals surface area contributed by atoms with E-state index in [2.05, 4.69) is 79.4 Å². The summed E-state index contributed by atoms with van der Waals surface area (Å²) in [6.07, 6.45) is 3.77. The normalized spacial score (nSPS) is 13.3. The predicted molar refractivity (Wildman–Crippen MR) is 141 cm³/mol. The molecule has 0 unspecified atom stereocenters. The second-order valence-corrected chi connectivity index (χ2v) is 9.71. The number of aryl methyl sites for hydroxylation is 4. The van der Waals surface area contributed by atoms with Gasteiger partial charge in [-0.15, -0.1) is 0 Å². The van der Waals surface area contributed by atoms with Crippen molar-refractivity contribution in [1.29, 1.82) is 0 Å². The molecule has 1 aliphatic carbocycles. The summed E-state index contributed by atoms with van der Waals surface area (Å²) in [6, 6.07) is 17.1. The van der Waals surface area contributed by atoms with Gasteiger partial charge in [-0.2, -0.15) is 0 Å². The topological polar surface area (TPSA) is 51.1 Å². The molecule has 2 N–H and O–H groups in total. The molecule has 1 heterocycles. The number of anilines is 3. The lowest BCUT2D eigenvalue weighted by Gasteiger charge is -2.14. The standard InChI is InChI=1S/C29H34N4O/c1-18-14-19(2)26(20(3)15-18)31-29-32-27-23(16-21-6-7-21)10-13-25(28(27)33(29)4)30-17-22-8-11-24(34-5)12-9-22/h8-15,21,30H,6-7,16-17H2,1-5H3,(H,31,32). The van der Waals surface area contributed by atoms with Crippen LogP contribution < -0.4 is 15.4 Å². The average Bonchev–Trinajstić information content (AvgIpc) is 3.58. The minimum atomic E-state index is 0.741. The number of hydrogen-bond acceptors (Lipinski definition) is 4. The van der Waals surface area contributed by atoms with Crippen molar-refractivity contribution < 1.29 is 4.74 Å². The summed E-state index contributed by atoms with van der Waals surface area (Å²) < 4.78 is 7.49. The Bertz CT molecular complexity index is 1310. The second kappa shape index (κ2) is 9.05. The zero-order valence-electron chi connectivity index (χ0n) is 20.8. The quantitative estimate of drug-likeness (QED) is 0.307. The Kier molecular flexibility index (Phi) is 5.94. The lowest BCUT2D eigenvalue weighted by atomic mass is 10.1. The van der Waals surface area contributed by atoms with Crippen molar-refractivity contribution in [2.24, 2.45) is 13.0 Å². The van der Waals surface area contributed by atoms with Crippen LogP contribution in [0.5, 0.6) is 5.75 Å². The highest BCUT2D eigenvalue weighted by atomic mass is 16.5. The van der Waals surface area contributed by atoms with Crippen LogP contribution in [0.15, 0.2) is 48.5 Å². The number of rotatable bonds is 8. The summed E-state index contributed by atoms with van der Waals surface area (Å²) >= 11 is 0. The highest BCUT2D eigenvalue weighted by molar-refractivity contribution is 5.93. The fraction of sp³-hybridized carbons (Fsp3) is 0.345. The Morgan fingerprint density at radius 3 is 2.35 bits per heavy atom. The van der Waals surface area contributed by atoms with Crippen molar-refractivity contribution in [2.45, 2.75) is 46.6 Å². The van der Waals surface area contributed by atoms with Gasteiger partial charge < -0.3 is 19.9 Å². The van der Waals surface area contributed by atoms with Gasteiger partial charge in [0, 0.05) is 19.3 Å². The maximum Gasteiger partial charge on any atom is 0.208 e. The number of nitrogens with one attached hydrogen (secondary N) is 2. The number of nitrogens with zero attached hydrogens (tertiary/aromatic N) is 2. The molecule has 34 heavy (non-hydrogen) atoms. The van der Waals surface area contributed by atoms with Crippen molar-refractivity contribution >= 4 is 28.4 Å². The minimum absolute atomic E-state index is 0.741. The van der Waals surface area contributed by atoms with Crippen LogP contribution in [0.2, 0.25) is 0 Å². The molecule has 4 aromatic rings. The van der Waals surface area contributed by atoms with Crippen molar-refractivity contribution in [3.05, 3.63) is 76.3 Å². The van der Waals surface area contributed by atoms with Gasteiger partial charge in [-0.1, -0.05) is 35.9 Å². The maximum atomic E-state index is 5.29. The molecule has 3 aromatic carbocycles. The molecule has 0 saturated heterocycles. The number of methoxy groups -OCH3 is 1. The number of fused-ring (bicyclic) bond motifs is 1.